The van der Waals surface area contributed by atoms with Gasteiger partial charge in [0.1, 0.15) is 0 Å². The van der Waals surface area contributed by atoms with Gasteiger partial charge in [-0.1, -0.05) is 24.3 Å². The predicted molar refractivity (Wildman–Crippen MR) is 108 cm³/mol. The Morgan fingerprint density at radius 1 is 0.963 bits per heavy atom. The van der Waals surface area contributed by atoms with Crippen LogP contribution in [0.25, 0.3) is 0 Å². The molecule has 0 aliphatic carbocycles. The quantitative estimate of drug-likeness (QED) is 0.787. The Balaban J connectivity index is 1.58. The van der Waals surface area contributed by atoms with Crippen molar-refractivity contribution in [1.82, 2.24) is 9.62 Å². The summed E-state index contributed by atoms with van der Waals surface area (Å²) >= 11 is 0. The van der Waals surface area contributed by atoms with Gasteiger partial charge in [0.15, 0.2) is 0 Å². The molecule has 3 N–H and O–H groups in total. The average molecular weight is 387 g/mol. The zero-order valence-electron chi connectivity index (χ0n) is 15.4. The largest absolute Gasteiger partial charge is 0.397 e. The molecule has 0 amide bonds. The van der Waals surface area contributed by atoms with E-state index in [9.17, 15) is 8.42 Å². The van der Waals surface area contributed by atoms with E-state index in [-0.39, 0.29) is 4.90 Å². The number of anilines is 2. The molecule has 0 unspecified atom stereocenters. The van der Waals surface area contributed by atoms with Crippen LogP contribution in [0.4, 0.5) is 11.4 Å². The Morgan fingerprint density at radius 2 is 1.78 bits per heavy atom. The van der Waals surface area contributed by atoms with E-state index in [0.717, 1.165) is 50.3 Å². The predicted octanol–water partition coefficient (Wildman–Crippen LogP) is 1.82. The molecule has 0 spiro atoms. The fraction of sp³-hybridized carbons (Fsp3) is 0.400. The van der Waals surface area contributed by atoms with Gasteiger partial charge in [0.05, 0.1) is 16.3 Å². The lowest BCUT2D eigenvalue weighted by Gasteiger charge is -2.29. The first kappa shape index (κ1) is 18.3. The number of hydrogen-bond acceptors (Lipinski definition) is 5. The van der Waals surface area contributed by atoms with E-state index >= 15 is 0 Å². The van der Waals surface area contributed by atoms with Gasteiger partial charge in [-0.25, -0.2) is 8.42 Å². The third-order valence-electron chi connectivity index (χ3n) is 5.41. The molecular formula is C20H26N4O2S. The second kappa shape index (κ2) is 7.50. The molecular weight excluding hydrogens is 360 g/mol. The molecule has 144 valence electrons. The van der Waals surface area contributed by atoms with Crippen molar-refractivity contribution in [2.24, 2.45) is 0 Å². The van der Waals surface area contributed by atoms with Crippen molar-refractivity contribution in [3.63, 3.8) is 0 Å². The van der Waals surface area contributed by atoms with Gasteiger partial charge in [-0.2, -0.15) is 4.31 Å². The van der Waals surface area contributed by atoms with Crippen molar-refractivity contribution >= 4 is 21.4 Å². The Hall–Kier alpha value is -2.09. The zero-order valence-corrected chi connectivity index (χ0v) is 16.2. The van der Waals surface area contributed by atoms with E-state index in [2.05, 4.69) is 16.3 Å². The summed E-state index contributed by atoms with van der Waals surface area (Å²) in [5.41, 5.74) is 10.0. The van der Waals surface area contributed by atoms with Crippen LogP contribution in [-0.2, 0) is 23.0 Å². The normalized spacial score (nSPS) is 18.7. The molecule has 4 rings (SSSR count). The molecule has 0 aromatic heterocycles. The molecule has 1 fully saturated rings. The first-order chi connectivity index (χ1) is 13.1. The van der Waals surface area contributed by atoms with E-state index in [1.807, 2.05) is 24.3 Å². The number of sulfonamides is 1. The summed E-state index contributed by atoms with van der Waals surface area (Å²) in [6.07, 6.45) is 1.79. The fourth-order valence-corrected chi connectivity index (χ4v) is 5.35. The second-order valence-electron chi connectivity index (χ2n) is 7.17. The molecule has 1 saturated heterocycles. The highest BCUT2D eigenvalue weighted by molar-refractivity contribution is 7.89. The fourth-order valence-electron chi connectivity index (χ4n) is 3.89. The highest BCUT2D eigenvalue weighted by atomic mass is 32.2. The summed E-state index contributed by atoms with van der Waals surface area (Å²) < 4.78 is 27.8. The number of nitrogens with two attached hydrogens (primary N) is 1. The maximum absolute atomic E-state index is 13.1. The van der Waals surface area contributed by atoms with Gasteiger partial charge >= 0.3 is 0 Å². The lowest BCUT2D eigenvalue weighted by Crippen LogP contribution is -2.36. The van der Waals surface area contributed by atoms with Crippen LogP contribution in [0.3, 0.4) is 0 Å². The van der Waals surface area contributed by atoms with Crippen LogP contribution >= 0.6 is 0 Å². The Morgan fingerprint density at radius 3 is 2.59 bits per heavy atom. The van der Waals surface area contributed by atoms with Crippen LogP contribution < -0.4 is 16.0 Å². The Kier molecular flexibility index (Phi) is 5.08. The van der Waals surface area contributed by atoms with Crippen molar-refractivity contribution in [2.75, 3.05) is 43.4 Å². The minimum Gasteiger partial charge on any atom is -0.397 e. The van der Waals surface area contributed by atoms with E-state index in [1.54, 1.807) is 16.4 Å². The summed E-state index contributed by atoms with van der Waals surface area (Å²) in [7, 11) is -3.56. The summed E-state index contributed by atoms with van der Waals surface area (Å²) in [5.74, 6) is 0. The smallest absolute Gasteiger partial charge is 0.243 e. The summed E-state index contributed by atoms with van der Waals surface area (Å²) in [6.45, 7) is 4.62. The van der Waals surface area contributed by atoms with E-state index in [1.165, 1.54) is 5.56 Å². The van der Waals surface area contributed by atoms with Crippen molar-refractivity contribution in [3.05, 3.63) is 53.6 Å². The monoisotopic (exact) mass is 386 g/mol. The minimum absolute atomic E-state index is 0.274. The molecule has 27 heavy (non-hydrogen) atoms. The average Bonchev–Trinajstić information content (AvgIpc) is 2.97. The Bertz CT molecular complexity index is 921. The number of nitrogens with one attached hydrogen (secondary N) is 1. The molecule has 2 aromatic rings. The highest BCUT2D eigenvalue weighted by Gasteiger charge is 2.29. The molecule has 2 heterocycles. The summed E-state index contributed by atoms with van der Waals surface area (Å²) in [6, 6.07) is 13.2. The first-order valence-electron chi connectivity index (χ1n) is 9.48. The van der Waals surface area contributed by atoms with Gasteiger partial charge in [-0.3, -0.25) is 0 Å². The van der Waals surface area contributed by atoms with E-state index < -0.39 is 10.0 Å². The van der Waals surface area contributed by atoms with Crippen molar-refractivity contribution < 1.29 is 8.42 Å². The zero-order chi connectivity index (χ0) is 18.9. The number of benzene rings is 2. The van der Waals surface area contributed by atoms with Gasteiger partial charge in [-0.05, 0) is 48.7 Å². The molecule has 0 atom stereocenters. The van der Waals surface area contributed by atoms with Crippen LogP contribution in [0, 0.1) is 0 Å². The van der Waals surface area contributed by atoms with Gasteiger partial charge in [0.2, 0.25) is 10.0 Å². The van der Waals surface area contributed by atoms with Gasteiger partial charge in [0, 0.05) is 32.7 Å². The molecule has 2 aromatic carbocycles. The van der Waals surface area contributed by atoms with Crippen LogP contribution in [0.15, 0.2) is 47.4 Å². The van der Waals surface area contributed by atoms with E-state index in [4.69, 9.17) is 5.73 Å². The molecule has 0 saturated carbocycles. The van der Waals surface area contributed by atoms with Crippen molar-refractivity contribution in [1.29, 1.82) is 0 Å². The maximum atomic E-state index is 13.1. The molecule has 0 radical (unpaired) electrons. The van der Waals surface area contributed by atoms with Crippen LogP contribution in [0.2, 0.25) is 0 Å². The molecule has 2 aliphatic heterocycles. The van der Waals surface area contributed by atoms with Gasteiger partial charge in [-0.15, -0.1) is 0 Å². The number of rotatable bonds is 3. The number of nitrogens with zero attached hydrogens (tertiary/aromatic N) is 2. The topological polar surface area (TPSA) is 78.7 Å². The number of hydrogen-bond donors (Lipinski definition) is 2. The molecule has 2 aliphatic rings. The van der Waals surface area contributed by atoms with Crippen LogP contribution in [0.5, 0.6) is 0 Å². The van der Waals surface area contributed by atoms with E-state index in [0.29, 0.717) is 18.8 Å². The lowest BCUT2D eigenvalue weighted by atomic mass is 10.0. The van der Waals surface area contributed by atoms with Crippen molar-refractivity contribution in [2.45, 2.75) is 24.3 Å². The molecule has 7 heteroatoms. The standard InChI is InChI=1S/C20H26N4O2S/c21-19-14-18(6-7-20(19)23-11-3-9-22-10-13-23)27(25,26)24-12-8-16-4-1-2-5-17(16)15-24/h1-2,4-7,14,22H,3,8-13,15,21H2. The number of nitrogen functional groups attached to an aromatic ring is 1. The summed E-state index contributed by atoms with van der Waals surface area (Å²) in [5, 5.41) is 3.37. The third kappa shape index (κ3) is 3.67. The summed E-state index contributed by atoms with van der Waals surface area (Å²) in [4.78, 5) is 2.50. The Labute approximate surface area is 161 Å². The molecule has 6 nitrogen and oxygen atoms in total. The molecule has 0 bridgehead atoms. The van der Waals surface area contributed by atoms with Crippen LogP contribution in [-0.4, -0.2) is 45.4 Å². The van der Waals surface area contributed by atoms with Gasteiger partial charge < -0.3 is 16.0 Å². The number of fused-ring (bicyclic) bond motifs is 1. The highest BCUT2D eigenvalue weighted by Crippen LogP contribution is 2.30. The van der Waals surface area contributed by atoms with Crippen molar-refractivity contribution in [3.8, 4) is 0 Å². The SMILES string of the molecule is Nc1cc(S(=O)(=O)N2CCc3ccccc3C2)ccc1N1CCCNCC1. The second-order valence-corrected chi connectivity index (χ2v) is 9.11. The minimum atomic E-state index is -3.56. The first-order valence-corrected chi connectivity index (χ1v) is 10.9. The lowest BCUT2D eigenvalue weighted by molar-refractivity contribution is 0.391. The maximum Gasteiger partial charge on any atom is 0.243 e. The van der Waals surface area contributed by atoms with Crippen LogP contribution in [0.1, 0.15) is 17.5 Å². The third-order valence-corrected chi connectivity index (χ3v) is 7.25. The van der Waals surface area contributed by atoms with Gasteiger partial charge in [0.25, 0.3) is 0 Å².